The number of carbonyl (C=O) groups is 2. The quantitative estimate of drug-likeness (QED) is 0.653. The number of rotatable bonds is 8. The summed E-state index contributed by atoms with van der Waals surface area (Å²) in [5.41, 5.74) is 0.152. The molecular weight excluding hydrogens is 401 g/mol. The van der Waals surface area contributed by atoms with Gasteiger partial charge in [0.05, 0.1) is 5.41 Å². The summed E-state index contributed by atoms with van der Waals surface area (Å²) < 4.78 is 25.0. The van der Waals surface area contributed by atoms with Gasteiger partial charge < -0.3 is 19.5 Å². The molecule has 166 valence electrons. The van der Waals surface area contributed by atoms with E-state index in [1.807, 2.05) is 4.90 Å². The summed E-state index contributed by atoms with van der Waals surface area (Å²) in [6.07, 6.45) is 3.82. The Kier molecular flexibility index (Phi) is 6.65. The Balaban J connectivity index is 1.39. The van der Waals surface area contributed by atoms with Crippen LogP contribution in [-0.4, -0.2) is 54.7 Å². The fraction of sp³-hybridized carbons (Fsp3) is 0.522. The van der Waals surface area contributed by atoms with Crippen LogP contribution in [0.4, 0.5) is 4.39 Å². The molecule has 1 N–H and O–H groups in total. The Morgan fingerprint density at radius 1 is 1.26 bits per heavy atom. The number of halogens is 1. The molecule has 2 aliphatic heterocycles. The molecule has 1 aromatic heterocycles. The van der Waals surface area contributed by atoms with Crippen LogP contribution in [-0.2, 0) is 20.7 Å². The van der Waals surface area contributed by atoms with Crippen LogP contribution < -0.4 is 5.32 Å². The molecule has 0 unspecified atom stereocenters. The van der Waals surface area contributed by atoms with E-state index >= 15 is 0 Å². The number of aromatic nitrogens is 1. The molecule has 4 rings (SSSR count). The number of ether oxygens (including phenoxy) is 1. The highest BCUT2D eigenvalue weighted by Gasteiger charge is 2.41. The normalized spacial score (nSPS) is 18.4. The first-order valence-corrected chi connectivity index (χ1v) is 10.9. The molecule has 2 amide bonds. The van der Waals surface area contributed by atoms with E-state index in [0.717, 1.165) is 19.4 Å². The Labute approximate surface area is 180 Å². The molecule has 2 fully saturated rings. The van der Waals surface area contributed by atoms with Crippen molar-refractivity contribution >= 4 is 11.8 Å². The summed E-state index contributed by atoms with van der Waals surface area (Å²) in [7, 11) is 0. The molecule has 3 heterocycles. The summed E-state index contributed by atoms with van der Waals surface area (Å²) in [4.78, 5) is 26.7. The van der Waals surface area contributed by atoms with Gasteiger partial charge in [-0.15, -0.1) is 0 Å². The van der Waals surface area contributed by atoms with Gasteiger partial charge in [-0.05, 0) is 37.8 Å². The predicted octanol–water partition coefficient (Wildman–Crippen LogP) is 2.95. The highest BCUT2D eigenvalue weighted by molar-refractivity contribution is 5.83. The van der Waals surface area contributed by atoms with Gasteiger partial charge >= 0.3 is 0 Å². The maximum atomic E-state index is 14.1. The molecule has 2 saturated heterocycles. The summed E-state index contributed by atoms with van der Waals surface area (Å²) in [5, 5.41) is 7.06. The third-order valence-corrected chi connectivity index (χ3v) is 6.21. The number of likely N-dealkylation sites (tertiary alicyclic amines) is 1. The molecule has 0 bridgehead atoms. The van der Waals surface area contributed by atoms with Crippen LogP contribution in [0.25, 0.3) is 11.3 Å². The van der Waals surface area contributed by atoms with E-state index < -0.39 is 5.41 Å². The second-order valence-electron chi connectivity index (χ2n) is 8.32. The average Bonchev–Trinajstić information content (AvgIpc) is 3.41. The van der Waals surface area contributed by atoms with Crippen LogP contribution in [0.15, 0.2) is 34.9 Å². The molecule has 31 heavy (non-hydrogen) atoms. The van der Waals surface area contributed by atoms with Gasteiger partial charge in [-0.2, -0.15) is 0 Å². The second-order valence-corrected chi connectivity index (χ2v) is 8.32. The van der Waals surface area contributed by atoms with Crippen LogP contribution in [0.3, 0.4) is 0 Å². The minimum Gasteiger partial charge on any atom is -0.381 e. The first kappa shape index (κ1) is 21.5. The number of nitrogens with one attached hydrogen (secondary N) is 1. The second kappa shape index (κ2) is 9.60. The molecule has 0 radical (unpaired) electrons. The van der Waals surface area contributed by atoms with Gasteiger partial charge in [-0.1, -0.05) is 17.3 Å². The fourth-order valence-corrected chi connectivity index (χ4v) is 4.37. The molecule has 1 aromatic carbocycles. The maximum Gasteiger partial charge on any atom is 0.226 e. The minimum absolute atomic E-state index is 0.0348. The number of nitrogens with zero attached hydrogens (tertiary/aromatic N) is 2. The molecule has 0 saturated carbocycles. The van der Waals surface area contributed by atoms with Gasteiger partial charge in [0.25, 0.3) is 0 Å². The maximum absolute atomic E-state index is 14.1. The molecule has 7 nitrogen and oxygen atoms in total. The van der Waals surface area contributed by atoms with Crippen molar-refractivity contribution < 1.29 is 23.2 Å². The van der Waals surface area contributed by atoms with E-state index in [-0.39, 0.29) is 17.6 Å². The highest BCUT2D eigenvalue weighted by Crippen LogP contribution is 2.36. The van der Waals surface area contributed by atoms with Crippen LogP contribution in [0.1, 0.15) is 37.9 Å². The Bertz CT molecular complexity index is 923. The highest BCUT2D eigenvalue weighted by atomic mass is 19.1. The topological polar surface area (TPSA) is 84.7 Å². The van der Waals surface area contributed by atoms with E-state index in [1.165, 1.54) is 6.07 Å². The third kappa shape index (κ3) is 4.95. The average molecular weight is 429 g/mol. The van der Waals surface area contributed by atoms with Crippen molar-refractivity contribution in [2.75, 3.05) is 32.8 Å². The van der Waals surface area contributed by atoms with E-state index in [0.29, 0.717) is 69.0 Å². The van der Waals surface area contributed by atoms with Crippen LogP contribution in [0.5, 0.6) is 0 Å². The van der Waals surface area contributed by atoms with Gasteiger partial charge in [0.2, 0.25) is 11.8 Å². The lowest BCUT2D eigenvalue weighted by Crippen LogP contribution is -2.46. The SMILES string of the molecule is O=C1CCCN1CCCNC(=O)C1(Cc2cc(-c3ccccc3F)no2)CCOCC1. The smallest absolute Gasteiger partial charge is 0.226 e. The number of benzene rings is 1. The van der Waals surface area contributed by atoms with Gasteiger partial charge in [-0.3, -0.25) is 9.59 Å². The van der Waals surface area contributed by atoms with Gasteiger partial charge in [-0.25, -0.2) is 4.39 Å². The van der Waals surface area contributed by atoms with Crippen molar-refractivity contribution in [3.63, 3.8) is 0 Å². The van der Waals surface area contributed by atoms with E-state index in [2.05, 4.69) is 10.5 Å². The molecular formula is C23H28FN3O4. The van der Waals surface area contributed by atoms with Crippen LogP contribution in [0.2, 0.25) is 0 Å². The zero-order chi connectivity index (χ0) is 21.7. The van der Waals surface area contributed by atoms with Crippen LogP contribution >= 0.6 is 0 Å². The largest absolute Gasteiger partial charge is 0.381 e. The summed E-state index contributed by atoms with van der Waals surface area (Å²) >= 11 is 0. The third-order valence-electron chi connectivity index (χ3n) is 6.21. The van der Waals surface area contributed by atoms with Gasteiger partial charge in [0.15, 0.2) is 0 Å². The van der Waals surface area contributed by atoms with Gasteiger partial charge in [0, 0.05) is 57.3 Å². The number of carbonyl (C=O) groups excluding carboxylic acids is 2. The fourth-order valence-electron chi connectivity index (χ4n) is 4.37. The molecule has 2 aromatic rings. The Morgan fingerprint density at radius 2 is 2.06 bits per heavy atom. The van der Waals surface area contributed by atoms with Crippen molar-refractivity contribution in [3.05, 3.63) is 41.9 Å². The van der Waals surface area contributed by atoms with E-state index in [1.54, 1.807) is 24.3 Å². The summed E-state index contributed by atoms with van der Waals surface area (Å²) in [6.45, 7) is 3.00. The molecule has 8 heteroatoms. The molecule has 0 atom stereocenters. The first-order chi connectivity index (χ1) is 15.1. The van der Waals surface area contributed by atoms with Crippen molar-refractivity contribution in [2.45, 2.75) is 38.5 Å². The van der Waals surface area contributed by atoms with Crippen molar-refractivity contribution in [2.24, 2.45) is 5.41 Å². The van der Waals surface area contributed by atoms with Crippen molar-refractivity contribution in [1.82, 2.24) is 15.4 Å². The Hall–Kier alpha value is -2.74. The number of hydrogen-bond acceptors (Lipinski definition) is 5. The lowest BCUT2D eigenvalue weighted by Gasteiger charge is -2.35. The zero-order valence-corrected chi connectivity index (χ0v) is 17.6. The minimum atomic E-state index is -0.645. The van der Waals surface area contributed by atoms with Crippen molar-refractivity contribution in [1.29, 1.82) is 0 Å². The first-order valence-electron chi connectivity index (χ1n) is 10.9. The molecule has 0 spiro atoms. The van der Waals surface area contributed by atoms with E-state index in [4.69, 9.17) is 9.26 Å². The summed E-state index contributed by atoms with van der Waals surface area (Å²) in [6, 6.07) is 8.12. The van der Waals surface area contributed by atoms with Crippen LogP contribution in [0, 0.1) is 11.2 Å². The molecule has 0 aliphatic carbocycles. The standard InChI is InChI=1S/C23H28FN3O4/c24-19-6-2-1-5-18(19)20-15-17(31-26-20)16-23(8-13-30-14-9-23)22(29)25-10-4-12-27-11-3-7-21(27)28/h1-2,5-6,15H,3-4,7-14,16H2,(H,25,29). The Morgan fingerprint density at radius 3 is 2.81 bits per heavy atom. The van der Waals surface area contributed by atoms with Crippen molar-refractivity contribution in [3.8, 4) is 11.3 Å². The lowest BCUT2D eigenvalue weighted by atomic mass is 9.75. The summed E-state index contributed by atoms with van der Waals surface area (Å²) in [5.74, 6) is 0.353. The monoisotopic (exact) mass is 429 g/mol. The predicted molar refractivity (Wildman–Crippen MR) is 112 cm³/mol. The zero-order valence-electron chi connectivity index (χ0n) is 17.6. The molecule has 2 aliphatic rings. The number of hydrogen-bond donors (Lipinski definition) is 1. The lowest BCUT2D eigenvalue weighted by molar-refractivity contribution is -0.137. The van der Waals surface area contributed by atoms with E-state index in [9.17, 15) is 14.0 Å². The van der Waals surface area contributed by atoms with Gasteiger partial charge in [0.1, 0.15) is 17.3 Å². The number of amides is 2.